The SMILES string of the molecule is CCC(=O)N(c1ccccc1)C1CCN(CCn2c(=O)[nH]c3ccccc32)CC1. The van der Waals surface area contributed by atoms with E-state index >= 15 is 0 Å². The van der Waals surface area contributed by atoms with Crippen molar-refractivity contribution in [2.45, 2.75) is 38.8 Å². The Morgan fingerprint density at radius 1 is 1.03 bits per heavy atom. The standard InChI is InChI=1S/C23H28N4O2/c1-2-22(28)27(18-8-4-3-5-9-18)19-12-14-25(15-13-19)16-17-26-21-11-7-6-10-20(21)24-23(26)29/h3-11,19H,2,12-17H2,1H3,(H,24,29). The molecule has 1 saturated heterocycles. The van der Waals surface area contributed by atoms with E-state index < -0.39 is 0 Å². The Morgan fingerprint density at radius 3 is 2.45 bits per heavy atom. The highest BCUT2D eigenvalue weighted by Gasteiger charge is 2.28. The summed E-state index contributed by atoms with van der Waals surface area (Å²) in [7, 11) is 0. The van der Waals surface area contributed by atoms with E-state index in [0.29, 0.717) is 13.0 Å². The molecule has 0 aliphatic carbocycles. The van der Waals surface area contributed by atoms with Gasteiger partial charge in [0.05, 0.1) is 11.0 Å². The lowest BCUT2D eigenvalue weighted by molar-refractivity contribution is -0.119. The van der Waals surface area contributed by atoms with Crippen LogP contribution in [0.4, 0.5) is 5.69 Å². The van der Waals surface area contributed by atoms with Gasteiger partial charge in [0, 0.05) is 44.3 Å². The molecule has 0 radical (unpaired) electrons. The minimum absolute atomic E-state index is 0.0510. The van der Waals surface area contributed by atoms with Gasteiger partial charge in [0.15, 0.2) is 0 Å². The van der Waals surface area contributed by atoms with Crippen molar-refractivity contribution in [3.05, 3.63) is 65.1 Å². The van der Waals surface area contributed by atoms with Gasteiger partial charge >= 0.3 is 5.69 Å². The fraction of sp³-hybridized carbons (Fsp3) is 0.391. The van der Waals surface area contributed by atoms with Crippen LogP contribution in [0.2, 0.25) is 0 Å². The van der Waals surface area contributed by atoms with Crippen molar-refractivity contribution in [3.63, 3.8) is 0 Å². The summed E-state index contributed by atoms with van der Waals surface area (Å²) in [5.41, 5.74) is 2.77. The molecule has 1 aromatic heterocycles. The smallest absolute Gasteiger partial charge is 0.309 e. The number of likely N-dealkylation sites (tertiary alicyclic amines) is 1. The number of H-pyrrole nitrogens is 1. The van der Waals surface area contributed by atoms with Crippen LogP contribution < -0.4 is 10.6 Å². The van der Waals surface area contributed by atoms with Crippen LogP contribution in [-0.4, -0.2) is 46.0 Å². The Bertz CT molecular complexity index is 1020. The number of aromatic nitrogens is 2. The largest absolute Gasteiger partial charge is 0.326 e. The number of fused-ring (bicyclic) bond motifs is 1. The van der Waals surface area contributed by atoms with Crippen LogP contribution >= 0.6 is 0 Å². The van der Waals surface area contributed by atoms with Gasteiger partial charge < -0.3 is 14.8 Å². The summed E-state index contributed by atoms with van der Waals surface area (Å²) in [6.07, 6.45) is 2.41. The van der Waals surface area contributed by atoms with E-state index in [4.69, 9.17) is 0 Å². The first kappa shape index (κ1) is 19.5. The fourth-order valence-corrected chi connectivity index (χ4v) is 4.29. The molecule has 0 bridgehead atoms. The molecule has 0 atom stereocenters. The summed E-state index contributed by atoms with van der Waals surface area (Å²) in [4.78, 5) is 32.2. The van der Waals surface area contributed by atoms with Crippen LogP contribution in [0.1, 0.15) is 26.2 Å². The molecule has 1 N–H and O–H groups in total. The molecule has 1 fully saturated rings. The van der Waals surface area contributed by atoms with Crippen molar-refractivity contribution >= 4 is 22.6 Å². The van der Waals surface area contributed by atoms with E-state index in [-0.39, 0.29) is 17.6 Å². The van der Waals surface area contributed by atoms with Crippen molar-refractivity contribution in [3.8, 4) is 0 Å². The maximum Gasteiger partial charge on any atom is 0.326 e. The molecule has 152 valence electrons. The zero-order valence-electron chi connectivity index (χ0n) is 16.9. The van der Waals surface area contributed by atoms with Gasteiger partial charge in [0.2, 0.25) is 5.91 Å². The summed E-state index contributed by atoms with van der Waals surface area (Å²) in [5, 5.41) is 0. The first-order chi connectivity index (χ1) is 14.2. The second-order valence-corrected chi connectivity index (χ2v) is 7.62. The zero-order chi connectivity index (χ0) is 20.2. The van der Waals surface area contributed by atoms with Crippen LogP contribution in [0.25, 0.3) is 11.0 Å². The molecule has 6 heteroatoms. The predicted octanol–water partition coefficient (Wildman–Crippen LogP) is 3.24. The highest BCUT2D eigenvalue weighted by Crippen LogP contribution is 2.24. The van der Waals surface area contributed by atoms with E-state index in [9.17, 15) is 9.59 Å². The van der Waals surface area contributed by atoms with E-state index in [1.54, 1.807) is 0 Å². The quantitative estimate of drug-likeness (QED) is 0.701. The summed E-state index contributed by atoms with van der Waals surface area (Å²) in [5.74, 6) is 0.181. The molecule has 6 nitrogen and oxygen atoms in total. The highest BCUT2D eigenvalue weighted by atomic mass is 16.2. The number of hydrogen-bond donors (Lipinski definition) is 1. The first-order valence-electron chi connectivity index (χ1n) is 10.4. The second kappa shape index (κ2) is 8.66. The molecule has 4 rings (SSSR count). The van der Waals surface area contributed by atoms with Crippen LogP contribution in [-0.2, 0) is 11.3 Å². The third kappa shape index (κ3) is 4.12. The number of carbonyl (C=O) groups excluding carboxylic acids is 1. The van der Waals surface area contributed by atoms with Gasteiger partial charge in [0.25, 0.3) is 0 Å². The van der Waals surface area contributed by atoms with Crippen molar-refractivity contribution in [2.75, 3.05) is 24.5 Å². The zero-order valence-corrected chi connectivity index (χ0v) is 16.9. The Hall–Kier alpha value is -2.86. The summed E-state index contributed by atoms with van der Waals surface area (Å²) < 4.78 is 1.82. The Labute approximate surface area is 170 Å². The number of piperidine rings is 1. The molecule has 0 unspecified atom stereocenters. The molecular formula is C23H28N4O2. The number of nitrogens with zero attached hydrogens (tertiary/aromatic N) is 3. The number of carbonyl (C=O) groups is 1. The molecule has 1 aliphatic rings. The molecule has 0 spiro atoms. The van der Waals surface area contributed by atoms with Gasteiger partial charge in [-0.05, 0) is 37.1 Å². The van der Waals surface area contributed by atoms with E-state index in [1.807, 2.05) is 71.0 Å². The van der Waals surface area contributed by atoms with Gasteiger partial charge in [-0.2, -0.15) is 0 Å². The van der Waals surface area contributed by atoms with Crippen LogP contribution in [0.5, 0.6) is 0 Å². The number of anilines is 1. The molecule has 2 aromatic carbocycles. The first-order valence-corrected chi connectivity index (χ1v) is 10.4. The molecule has 1 aliphatic heterocycles. The number of nitrogens with one attached hydrogen (secondary N) is 1. The average Bonchev–Trinajstić information content (AvgIpc) is 3.09. The number of para-hydroxylation sites is 3. The van der Waals surface area contributed by atoms with Gasteiger partial charge in [-0.25, -0.2) is 4.79 Å². The number of imidazole rings is 1. The van der Waals surface area contributed by atoms with Crippen molar-refractivity contribution in [2.24, 2.45) is 0 Å². The Morgan fingerprint density at radius 2 is 1.72 bits per heavy atom. The molecule has 0 saturated carbocycles. The number of rotatable bonds is 6. The van der Waals surface area contributed by atoms with Crippen LogP contribution in [0.15, 0.2) is 59.4 Å². The molecule has 2 heterocycles. The number of aromatic amines is 1. The summed E-state index contributed by atoms with van der Waals surface area (Å²) in [6, 6.07) is 18.0. The number of amides is 1. The Kier molecular flexibility index (Phi) is 5.81. The molecular weight excluding hydrogens is 364 g/mol. The number of benzene rings is 2. The van der Waals surface area contributed by atoms with Crippen molar-refractivity contribution in [1.82, 2.24) is 14.5 Å². The van der Waals surface area contributed by atoms with Crippen LogP contribution in [0.3, 0.4) is 0 Å². The third-order valence-corrected chi connectivity index (χ3v) is 5.85. The maximum absolute atomic E-state index is 12.6. The lowest BCUT2D eigenvalue weighted by Gasteiger charge is -2.38. The predicted molar refractivity (Wildman–Crippen MR) is 116 cm³/mol. The van der Waals surface area contributed by atoms with E-state index in [2.05, 4.69) is 9.88 Å². The van der Waals surface area contributed by atoms with Gasteiger partial charge in [-0.15, -0.1) is 0 Å². The minimum Gasteiger partial charge on any atom is -0.309 e. The summed E-state index contributed by atoms with van der Waals surface area (Å²) in [6.45, 7) is 5.29. The Balaban J connectivity index is 1.39. The normalized spacial score (nSPS) is 15.6. The fourth-order valence-electron chi connectivity index (χ4n) is 4.29. The topological polar surface area (TPSA) is 61.3 Å². The molecule has 1 amide bonds. The van der Waals surface area contributed by atoms with Gasteiger partial charge in [0.1, 0.15) is 0 Å². The summed E-state index contributed by atoms with van der Waals surface area (Å²) >= 11 is 0. The third-order valence-electron chi connectivity index (χ3n) is 5.85. The maximum atomic E-state index is 12.6. The van der Waals surface area contributed by atoms with Crippen molar-refractivity contribution < 1.29 is 4.79 Å². The monoisotopic (exact) mass is 392 g/mol. The highest BCUT2D eigenvalue weighted by molar-refractivity contribution is 5.93. The van der Waals surface area contributed by atoms with Gasteiger partial charge in [-0.1, -0.05) is 37.3 Å². The van der Waals surface area contributed by atoms with Gasteiger partial charge in [-0.3, -0.25) is 9.36 Å². The minimum atomic E-state index is -0.0510. The molecule has 3 aromatic rings. The lowest BCUT2D eigenvalue weighted by Crippen LogP contribution is -2.48. The van der Waals surface area contributed by atoms with E-state index in [0.717, 1.165) is 49.2 Å². The van der Waals surface area contributed by atoms with Crippen LogP contribution in [0, 0.1) is 0 Å². The second-order valence-electron chi connectivity index (χ2n) is 7.62. The molecule has 29 heavy (non-hydrogen) atoms. The average molecular weight is 393 g/mol. The van der Waals surface area contributed by atoms with Crippen molar-refractivity contribution in [1.29, 1.82) is 0 Å². The number of hydrogen-bond acceptors (Lipinski definition) is 3. The van der Waals surface area contributed by atoms with E-state index in [1.165, 1.54) is 0 Å². The lowest BCUT2D eigenvalue weighted by atomic mass is 10.0.